The number of aliphatic hydroxyl groups is 2. The zero-order valence-corrected chi connectivity index (χ0v) is 7.00. The molecule has 1 aromatic rings. The van der Waals surface area contributed by atoms with Gasteiger partial charge in [-0.05, 0) is 0 Å². The highest BCUT2D eigenvalue weighted by atomic mass is 16.4. The van der Waals surface area contributed by atoms with Crippen LogP contribution in [0.5, 0.6) is 0 Å². The van der Waals surface area contributed by atoms with E-state index in [9.17, 15) is 4.79 Å². The Morgan fingerprint density at radius 2 is 1.38 bits per heavy atom. The molecule has 1 rings (SSSR count). The SMILES string of the molecule is O=C(O)C(O)CO.c1ccccc1. The second-order valence-electron chi connectivity index (χ2n) is 2.19. The van der Waals surface area contributed by atoms with Gasteiger partial charge in [-0.3, -0.25) is 0 Å². The first kappa shape index (κ1) is 11.6. The van der Waals surface area contributed by atoms with Crippen LogP contribution in [0.25, 0.3) is 0 Å². The molecule has 0 amide bonds. The summed E-state index contributed by atoms with van der Waals surface area (Å²) < 4.78 is 0. The monoisotopic (exact) mass is 184 g/mol. The molecule has 0 saturated carbocycles. The maximum absolute atomic E-state index is 9.52. The highest BCUT2D eigenvalue weighted by Crippen LogP contribution is 1.79. The molecule has 0 radical (unpaired) electrons. The number of carboxylic acid groups (broad SMARTS) is 1. The molecule has 0 heterocycles. The van der Waals surface area contributed by atoms with Gasteiger partial charge in [0.05, 0.1) is 6.61 Å². The van der Waals surface area contributed by atoms with Crippen LogP contribution in [-0.2, 0) is 4.79 Å². The van der Waals surface area contributed by atoms with Crippen LogP contribution in [-0.4, -0.2) is 34.0 Å². The van der Waals surface area contributed by atoms with Crippen molar-refractivity contribution >= 4 is 5.97 Å². The lowest BCUT2D eigenvalue weighted by Crippen LogP contribution is -2.22. The van der Waals surface area contributed by atoms with Gasteiger partial charge in [0, 0.05) is 0 Å². The molecule has 0 aliphatic rings. The summed E-state index contributed by atoms with van der Waals surface area (Å²) >= 11 is 0. The van der Waals surface area contributed by atoms with E-state index in [1.54, 1.807) is 0 Å². The van der Waals surface area contributed by atoms with E-state index < -0.39 is 18.7 Å². The quantitative estimate of drug-likeness (QED) is 0.609. The average molecular weight is 184 g/mol. The second kappa shape index (κ2) is 7.27. The number of benzene rings is 1. The summed E-state index contributed by atoms with van der Waals surface area (Å²) in [5, 5.41) is 23.7. The van der Waals surface area contributed by atoms with Gasteiger partial charge in [0.2, 0.25) is 0 Å². The summed E-state index contributed by atoms with van der Waals surface area (Å²) in [6.07, 6.45) is -1.63. The normalized spacial score (nSPS) is 10.9. The summed E-state index contributed by atoms with van der Waals surface area (Å²) in [6, 6.07) is 12.0. The predicted octanol–water partition coefficient (Wildman–Crippen LogP) is 0.111. The highest BCUT2D eigenvalue weighted by Gasteiger charge is 2.08. The summed E-state index contributed by atoms with van der Waals surface area (Å²) in [6.45, 7) is -0.727. The topological polar surface area (TPSA) is 77.8 Å². The molecule has 0 bridgehead atoms. The fourth-order valence-electron chi connectivity index (χ4n) is 0.463. The van der Waals surface area contributed by atoms with Crippen molar-refractivity contribution in [2.75, 3.05) is 6.61 Å². The molecule has 0 aliphatic heterocycles. The van der Waals surface area contributed by atoms with E-state index in [0.29, 0.717) is 0 Å². The maximum atomic E-state index is 9.52. The molecule has 0 aromatic heterocycles. The van der Waals surface area contributed by atoms with Crippen molar-refractivity contribution in [3.05, 3.63) is 36.4 Å². The first-order valence-corrected chi connectivity index (χ1v) is 3.70. The van der Waals surface area contributed by atoms with Crippen LogP contribution in [0.3, 0.4) is 0 Å². The third-order valence-corrected chi connectivity index (χ3v) is 1.12. The summed E-state index contributed by atoms with van der Waals surface area (Å²) in [5.41, 5.74) is 0. The van der Waals surface area contributed by atoms with E-state index in [0.717, 1.165) is 0 Å². The van der Waals surface area contributed by atoms with Crippen molar-refractivity contribution in [1.82, 2.24) is 0 Å². The number of carbonyl (C=O) groups is 1. The van der Waals surface area contributed by atoms with Crippen LogP contribution < -0.4 is 0 Å². The number of hydrogen-bond donors (Lipinski definition) is 3. The van der Waals surface area contributed by atoms with Gasteiger partial charge in [0.25, 0.3) is 0 Å². The molecule has 13 heavy (non-hydrogen) atoms. The number of aliphatic carboxylic acids is 1. The van der Waals surface area contributed by atoms with Gasteiger partial charge in [-0.15, -0.1) is 0 Å². The minimum atomic E-state index is -1.63. The van der Waals surface area contributed by atoms with Crippen molar-refractivity contribution in [2.45, 2.75) is 6.10 Å². The maximum Gasteiger partial charge on any atom is 0.334 e. The van der Waals surface area contributed by atoms with Gasteiger partial charge in [-0.2, -0.15) is 0 Å². The zero-order valence-electron chi connectivity index (χ0n) is 7.00. The number of carboxylic acids is 1. The minimum absolute atomic E-state index is 0.727. The summed E-state index contributed by atoms with van der Waals surface area (Å²) in [7, 11) is 0. The van der Waals surface area contributed by atoms with Gasteiger partial charge < -0.3 is 15.3 Å². The Morgan fingerprint density at radius 3 is 1.46 bits per heavy atom. The molecule has 4 heteroatoms. The van der Waals surface area contributed by atoms with Gasteiger partial charge >= 0.3 is 5.97 Å². The number of rotatable bonds is 2. The Bertz CT molecular complexity index is 196. The van der Waals surface area contributed by atoms with E-state index in [-0.39, 0.29) is 0 Å². The van der Waals surface area contributed by atoms with Gasteiger partial charge in [0.15, 0.2) is 6.10 Å². The molecule has 0 saturated heterocycles. The Balaban J connectivity index is 0.000000223. The van der Waals surface area contributed by atoms with E-state index in [1.807, 2.05) is 36.4 Å². The molecule has 0 spiro atoms. The van der Waals surface area contributed by atoms with Crippen LogP contribution in [0.2, 0.25) is 0 Å². The van der Waals surface area contributed by atoms with Crippen molar-refractivity contribution in [3.8, 4) is 0 Å². The van der Waals surface area contributed by atoms with Gasteiger partial charge in [0.1, 0.15) is 0 Å². The standard InChI is InChI=1S/C6H6.C3H6O4/c1-2-4-6-5-3-1;4-1-2(5)3(6)7/h1-6H;2,4-5H,1H2,(H,6,7). The van der Waals surface area contributed by atoms with Crippen LogP contribution in [0, 0.1) is 0 Å². The average Bonchev–Trinajstić information content (AvgIpc) is 2.20. The fraction of sp³-hybridized carbons (Fsp3) is 0.222. The molecule has 1 unspecified atom stereocenters. The van der Waals surface area contributed by atoms with Crippen LogP contribution >= 0.6 is 0 Å². The Morgan fingerprint density at radius 1 is 1.08 bits per heavy atom. The molecule has 1 atom stereocenters. The first-order chi connectivity index (χ1) is 6.18. The third kappa shape index (κ3) is 6.99. The summed E-state index contributed by atoms with van der Waals surface area (Å²) in [4.78, 5) is 9.52. The van der Waals surface area contributed by atoms with Gasteiger partial charge in [-0.1, -0.05) is 36.4 Å². The predicted molar refractivity (Wildman–Crippen MR) is 47.2 cm³/mol. The van der Waals surface area contributed by atoms with E-state index in [2.05, 4.69) is 0 Å². The summed E-state index contributed by atoms with van der Waals surface area (Å²) in [5.74, 6) is -1.40. The molecule has 0 aliphatic carbocycles. The largest absolute Gasteiger partial charge is 0.479 e. The van der Waals surface area contributed by atoms with Crippen molar-refractivity contribution < 1.29 is 20.1 Å². The van der Waals surface area contributed by atoms with Crippen molar-refractivity contribution in [2.24, 2.45) is 0 Å². The van der Waals surface area contributed by atoms with Crippen LogP contribution in [0.15, 0.2) is 36.4 Å². The molecule has 1 aromatic carbocycles. The lowest BCUT2D eigenvalue weighted by Gasteiger charge is -1.95. The Labute approximate surface area is 76.1 Å². The lowest BCUT2D eigenvalue weighted by atomic mass is 10.4. The van der Waals surface area contributed by atoms with Crippen LogP contribution in [0.1, 0.15) is 0 Å². The fourth-order valence-corrected chi connectivity index (χ4v) is 0.463. The minimum Gasteiger partial charge on any atom is -0.479 e. The first-order valence-electron chi connectivity index (χ1n) is 3.70. The molecular weight excluding hydrogens is 172 g/mol. The number of hydrogen-bond acceptors (Lipinski definition) is 3. The lowest BCUT2D eigenvalue weighted by molar-refractivity contribution is -0.148. The smallest absolute Gasteiger partial charge is 0.334 e. The van der Waals surface area contributed by atoms with Crippen molar-refractivity contribution in [1.29, 1.82) is 0 Å². The van der Waals surface area contributed by atoms with Crippen LogP contribution in [0.4, 0.5) is 0 Å². The molecular formula is C9H12O4. The Hall–Kier alpha value is -1.39. The number of aliphatic hydroxyl groups excluding tert-OH is 2. The highest BCUT2D eigenvalue weighted by molar-refractivity contribution is 5.71. The van der Waals surface area contributed by atoms with Crippen molar-refractivity contribution in [3.63, 3.8) is 0 Å². The third-order valence-electron chi connectivity index (χ3n) is 1.12. The molecule has 0 fully saturated rings. The second-order valence-corrected chi connectivity index (χ2v) is 2.19. The Kier molecular flexibility index (Phi) is 6.49. The van der Waals surface area contributed by atoms with E-state index >= 15 is 0 Å². The molecule has 4 nitrogen and oxygen atoms in total. The molecule has 3 N–H and O–H groups in total. The van der Waals surface area contributed by atoms with E-state index in [1.165, 1.54) is 0 Å². The zero-order chi connectivity index (χ0) is 10.1. The van der Waals surface area contributed by atoms with E-state index in [4.69, 9.17) is 15.3 Å². The molecule has 72 valence electrons. The van der Waals surface area contributed by atoms with Gasteiger partial charge in [-0.25, -0.2) is 4.79 Å².